The number of ether oxygens (including phenoxy) is 2. The molecule has 140 valence electrons. The van der Waals surface area contributed by atoms with E-state index in [1.807, 2.05) is 25.1 Å². The van der Waals surface area contributed by atoms with Crippen LogP contribution in [-0.2, 0) is 4.79 Å². The highest BCUT2D eigenvalue weighted by atomic mass is 32.2. The molecule has 0 unspecified atom stereocenters. The van der Waals surface area contributed by atoms with Gasteiger partial charge in [-0.15, -0.1) is 11.8 Å². The number of rotatable bonds is 8. The molecule has 0 aromatic heterocycles. The third kappa shape index (κ3) is 5.18. The fourth-order valence-corrected chi connectivity index (χ4v) is 3.56. The summed E-state index contributed by atoms with van der Waals surface area (Å²) in [5, 5.41) is 2.94. The molecule has 2 aromatic carbocycles. The van der Waals surface area contributed by atoms with Crippen LogP contribution in [0.5, 0.6) is 11.5 Å². The Morgan fingerprint density at radius 2 is 1.73 bits per heavy atom. The van der Waals surface area contributed by atoms with Gasteiger partial charge in [-0.05, 0) is 44.0 Å². The number of thioether (sulfide) groups is 1. The molecule has 1 amide bonds. The lowest BCUT2D eigenvalue weighted by Crippen LogP contribution is -2.34. The van der Waals surface area contributed by atoms with Crippen LogP contribution >= 0.6 is 11.8 Å². The van der Waals surface area contributed by atoms with E-state index in [0.29, 0.717) is 11.5 Å². The zero-order valence-electron chi connectivity index (χ0n) is 16.0. The Morgan fingerprint density at radius 3 is 2.31 bits per heavy atom. The topological polar surface area (TPSA) is 47.6 Å². The van der Waals surface area contributed by atoms with E-state index < -0.39 is 0 Å². The molecular formula is C21H27NO3S. The quantitative estimate of drug-likeness (QED) is 0.678. The predicted octanol–water partition coefficient (Wildman–Crippen LogP) is 4.76. The van der Waals surface area contributed by atoms with Gasteiger partial charge in [0.05, 0.1) is 25.5 Å². The van der Waals surface area contributed by atoms with Crippen molar-refractivity contribution in [1.82, 2.24) is 5.32 Å². The summed E-state index contributed by atoms with van der Waals surface area (Å²) in [5.74, 6) is 1.37. The monoisotopic (exact) mass is 373 g/mol. The van der Waals surface area contributed by atoms with Crippen molar-refractivity contribution < 1.29 is 14.3 Å². The second-order valence-corrected chi connectivity index (χ2v) is 7.57. The molecule has 0 aliphatic rings. The van der Waals surface area contributed by atoms with Gasteiger partial charge in [-0.1, -0.05) is 36.8 Å². The molecule has 0 heterocycles. The van der Waals surface area contributed by atoms with Gasteiger partial charge in [-0.3, -0.25) is 4.79 Å². The van der Waals surface area contributed by atoms with Crippen LogP contribution in [0.3, 0.4) is 0 Å². The van der Waals surface area contributed by atoms with Crippen molar-refractivity contribution in [2.45, 2.75) is 43.4 Å². The zero-order chi connectivity index (χ0) is 19.1. The van der Waals surface area contributed by atoms with Gasteiger partial charge in [0.2, 0.25) is 5.91 Å². The van der Waals surface area contributed by atoms with Gasteiger partial charge in [0.25, 0.3) is 0 Å². The first-order chi connectivity index (χ1) is 12.5. The number of amides is 1. The SMILES string of the molecule is CC[C@H](NC(=O)[C@@H](C)Sc1ccc(OC)c(OC)c1)c1ccc(C)cc1. The Kier molecular flexibility index (Phi) is 7.39. The summed E-state index contributed by atoms with van der Waals surface area (Å²) in [6.45, 7) is 6.06. The maximum absolute atomic E-state index is 12.6. The highest BCUT2D eigenvalue weighted by Crippen LogP contribution is 2.33. The van der Waals surface area contributed by atoms with Gasteiger partial charge < -0.3 is 14.8 Å². The molecule has 0 bridgehead atoms. The zero-order valence-corrected chi connectivity index (χ0v) is 16.9. The Balaban J connectivity index is 2.03. The molecule has 1 N–H and O–H groups in total. The van der Waals surface area contributed by atoms with Crippen LogP contribution in [0.4, 0.5) is 0 Å². The minimum atomic E-state index is -0.215. The minimum Gasteiger partial charge on any atom is -0.493 e. The van der Waals surface area contributed by atoms with E-state index in [9.17, 15) is 4.79 Å². The van der Waals surface area contributed by atoms with E-state index in [-0.39, 0.29) is 17.2 Å². The Bertz CT molecular complexity index is 731. The highest BCUT2D eigenvalue weighted by molar-refractivity contribution is 8.00. The van der Waals surface area contributed by atoms with Gasteiger partial charge in [0, 0.05) is 4.90 Å². The molecule has 0 saturated heterocycles. The molecule has 0 fully saturated rings. The summed E-state index contributed by atoms with van der Waals surface area (Å²) in [7, 11) is 3.21. The molecular weight excluding hydrogens is 346 g/mol. The summed E-state index contributed by atoms with van der Waals surface area (Å²) in [6.07, 6.45) is 0.850. The Labute approximate surface area is 160 Å². The van der Waals surface area contributed by atoms with Crippen molar-refractivity contribution in [3.63, 3.8) is 0 Å². The lowest BCUT2D eigenvalue weighted by atomic mass is 10.0. The lowest BCUT2D eigenvalue weighted by molar-refractivity contribution is -0.121. The minimum absolute atomic E-state index is 0.0246. The summed E-state index contributed by atoms with van der Waals surface area (Å²) in [6, 6.07) is 14.0. The Morgan fingerprint density at radius 1 is 1.08 bits per heavy atom. The van der Waals surface area contributed by atoms with Crippen molar-refractivity contribution in [3.05, 3.63) is 53.6 Å². The number of nitrogens with one attached hydrogen (secondary N) is 1. The Hall–Kier alpha value is -2.14. The van der Waals surface area contributed by atoms with Crippen LogP contribution in [0, 0.1) is 6.92 Å². The van der Waals surface area contributed by atoms with Gasteiger partial charge in [-0.2, -0.15) is 0 Å². The van der Waals surface area contributed by atoms with Gasteiger partial charge >= 0.3 is 0 Å². The van der Waals surface area contributed by atoms with E-state index in [1.165, 1.54) is 17.3 Å². The summed E-state index contributed by atoms with van der Waals surface area (Å²) < 4.78 is 10.6. The first kappa shape index (κ1) is 20.2. The van der Waals surface area contributed by atoms with Crippen molar-refractivity contribution in [1.29, 1.82) is 0 Å². The van der Waals surface area contributed by atoms with Crippen molar-refractivity contribution in [2.75, 3.05) is 14.2 Å². The molecule has 2 aromatic rings. The van der Waals surface area contributed by atoms with E-state index in [0.717, 1.165) is 16.9 Å². The second-order valence-electron chi connectivity index (χ2n) is 6.16. The molecule has 0 aliphatic heterocycles. The summed E-state index contributed by atoms with van der Waals surface area (Å²) >= 11 is 1.50. The number of aryl methyl sites for hydroxylation is 1. The van der Waals surface area contributed by atoms with Gasteiger partial charge in [0.1, 0.15) is 0 Å². The number of hydrogen-bond donors (Lipinski definition) is 1. The van der Waals surface area contributed by atoms with Crippen LogP contribution in [0.1, 0.15) is 37.4 Å². The smallest absolute Gasteiger partial charge is 0.233 e. The maximum atomic E-state index is 12.6. The van der Waals surface area contributed by atoms with E-state index in [4.69, 9.17) is 9.47 Å². The van der Waals surface area contributed by atoms with Gasteiger partial charge in [-0.25, -0.2) is 0 Å². The van der Waals surface area contributed by atoms with Crippen LogP contribution in [0.2, 0.25) is 0 Å². The normalized spacial score (nSPS) is 13.0. The molecule has 2 rings (SSSR count). The molecule has 0 aliphatic carbocycles. The standard InChI is InChI=1S/C21H27NO3S/c1-6-18(16-9-7-14(2)8-10-16)22-21(23)15(3)26-17-11-12-19(24-4)20(13-17)25-5/h7-13,15,18H,6H2,1-5H3,(H,22,23)/t15-,18+/m1/s1. The predicted molar refractivity (Wildman–Crippen MR) is 107 cm³/mol. The summed E-state index contributed by atoms with van der Waals surface area (Å²) in [5.41, 5.74) is 2.35. The number of carbonyl (C=O) groups excluding carboxylic acids is 1. The third-order valence-corrected chi connectivity index (χ3v) is 5.34. The highest BCUT2D eigenvalue weighted by Gasteiger charge is 2.19. The average Bonchev–Trinajstić information content (AvgIpc) is 2.66. The summed E-state index contributed by atoms with van der Waals surface area (Å²) in [4.78, 5) is 13.6. The van der Waals surface area contributed by atoms with Gasteiger partial charge in [0.15, 0.2) is 11.5 Å². The number of benzene rings is 2. The van der Waals surface area contributed by atoms with E-state index >= 15 is 0 Å². The lowest BCUT2D eigenvalue weighted by Gasteiger charge is -2.20. The van der Waals surface area contributed by atoms with Crippen molar-refractivity contribution in [3.8, 4) is 11.5 Å². The van der Waals surface area contributed by atoms with Crippen molar-refractivity contribution >= 4 is 17.7 Å². The molecule has 5 heteroatoms. The molecule has 0 saturated carbocycles. The number of methoxy groups -OCH3 is 2. The maximum Gasteiger partial charge on any atom is 0.233 e. The largest absolute Gasteiger partial charge is 0.493 e. The van der Waals surface area contributed by atoms with Crippen LogP contribution in [0.25, 0.3) is 0 Å². The fraction of sp³-hybridized carbons (Fsp3) is 0.381. The second kappa shape index (κ2) is 9.53. The third-order valence-electron chi connectivity index (χ3n) is 4.24. The van der Waals surface area contributed by atoms with E-state index in [2.05, 4.69) is 43.4 Å². The number of carbonyl (C=O) groups is 1. The van der Waals surface area contributed by atoms with Crippen LogP contribution in [0.15, 0.2) is 47.4 Å². The average molecular weight is 374 g/mol. The molecule has 4 nitrogen and oxygen atoms in total. The van der Waals surface area contributed by atoms with E-state index in [1.54, 1.807) is 14.2 Å². The molecule has 0 spiro atoms. The van der Waals surface area contributed by atoms with Crippen molar-refractivity contribution in [2.24, 2.45) is 0 Å². The fourth-order valence-electron chi connectivity index (χ4n) is 2.66. The molecule has 26 heavy (non-hydrogen) atoms. The van der Waals surface area contributed by atoms with Crippen LogP contribution in [-0.4, -0.2) is 25.4 Å². The number of hydrogen-bond acceptors (Lipinski definition) is 4. The first-order valence-corrected chi connectivity index (χ1v) is 9.62. The molecule has 2 atom stereocenters. The molecule has 0 radical (unpaired) electrons. The van der Waals surface area contributed by atoms with Crippen LogP contribution < -0.4 is 14.8 Å². The first-order valence-electron chi connectivity index (χ1n) is 8.74.